The molecule has 9 nitrogen and oxygen atoms in total. The van der Waals surface area contributed by atoms with Gasteiger partial charge in [0.05, 0.1) is 12.6 Å². The van der Waals surface area contributed by atoms with Crippen molar-refractivity contribution < 1.29 is 24.3 Å². The molecule has 0 aliphatic heterocycles. The lowest BCUT2D eigenvalue weighted by molar-refractivity contribution is -0.145. The number of phenols is 1. The fourth-order valence-corrected chi connectivity index (χ4v) is 3.84. The summed E-state index contributed by atoms with van der Waals surface area (Å²) in [5.74, 6) is 0.108. The monoisotopic (exact) mass is 450 g/mol. The summed E-state index contributed by atoms with van der Waals surface area (Å²) in [6.45, 7) is 1.91. The van der Waals surface area contributed by atoms with E-state index in [0.717, 1.165) is 27.4 Å². The van der Waals surface area contributed by atoms with E-state index >= 15 is 0 Å². The quantitative estimate of drug-likeness (QED) is 0.325. The Morgan fingerprint density at radius 3 is 2.76 bits per heavy atom. The number of hydrogen-bond acceptors (Lipinski definition) is 6. The maximum Gasteiger partial charge on any atom is 0.349 e. The van der Waals surface area contributed by atoms with Crippen molar-refractivity contribution in [3.8, 4) is 11.5 Å². The number of H-pyrrole nitrogens is 1. The number of ether oxygens (including phenoxy) is 1. The molecule has 5 N–H and O–H groups in total. The highest BCUT2D eigenvalue weighted by atomic mass is 16.7. The number of nitrogens with one attached hydrogen (secondary N) is 2. The zero-order valence-corrected chi connectivity index (χ0v) is 18.4. The van der Waals surface area contributed by atoms with Crippen LogP contribution in [0.3, 0.4) is 0 Å². The predicted molar refractivity (Wildman–Crippen MR) is 124 cm³/mol. The lowest BCUT2D eigenvalue weighted by Crippen LogP contribution is -2.39. The molecule has 0 aliphatic rings. The van der Waals surface area contributed by atoms with E-state index < -0.39 is 12.0 Å². The fourth-order valence-electron chi connectivity index (χ4n) is 3.84. The molecule has 0 saturated heterocycles. The van der Waals surface area contributed by atoms with E-state index in [9.17, 15) is 14.7 Å². The van der Waals surface area contributed by atoms with E-state index in [1.165, 1.54) is 11.7 Å². The maximum absolute atomic E-state index is 12.8. The summed E-state index contributed by atoms with van der Waals surface area (Å²) in [6, 6.07) is 9.52. The molecule has 2 heterocycles. The first kappa shape index (κ1) is 22.2. The van der Waals surface area contributed by atoms with Gasteiger partial charge in [-0.25, -0.2) is 4.79 Å². The Morgan fingerprint density at radius 1 is 1.18 bits per heavy atom. The van der Waals surface area contributed by atoms with Crippen LogP contribution in [0.5, 0.6) is 11.5 Å². The van der Waals surface area contributed by atoms with Gasteiger partial charge in [0.1, 0.15) is 17.5 Å². The number of nitrogens with zero attached hydrogens (tertiary/aromatic N) is 1. The van der Waals surface area contributed by atoms with Gasteiger partial charge in [0.25, 0.3) is 0 Å². The third-order valence-electron chi connectivity index (χ3n) is 5.51. The van der Waals surface area contributed by atoms with E-state index in [1.807, 2.05) is 6.07 Å². The number of methoxy groups -OCH3 is 1. The van der Waals surface area contributed by atoms with Gasteiger partial charge in [0.15, 0.2) is 0 Å². The van der Waals surface area contributed by atoms with Crippen LogP contribution in [0.1, 0.15) is 18.1 Å². The van der Waals surface area contributed by atoms with E-state index in [0.29, 0.717) is 24.2 Å². The number of benzene rings is 2. The normalized spacial score (nSPS) is 12.1. The molecule has 0 saturated carbocycles. The molecule has 172 valence electrons. The average Bonchev–Trinajstić information content (AvgIpc) is 3.34. The van der Waals surface area contributed by atoms with Crippen molar-refractivity contribution in [2.45, 2.75) is 25.8 Å². The Balaban J connectivity index is 1.54. The van der Waals surface area contributed by atoms with Crippen LogP contribution in [0.4, 0.5) is 0 Å². The number of nitrogens with two attached hydrogens (primary N) is 1. The number of aromatic amines is 1. The number of fused-ring (bicyclic) bond motifs is 2. The molecule has 9 heteroatoms. The Bertz CT molecular complexity index is 1320. The minimum atomic E-state index is -0.912. The molecule has 2 aromatic heterocycles. The van der Waals surface area contributed by atoms with Gasteiger partial charge in [-0.05, 0) is 53.9 Å². The third-order valence-corrected chi connectivity index (χ3v) is 5.51. The summed E-state index contributed by atoms with van der Waals surface area (Å²) in [6.07, 6.45) is 4.29. The topological polar surface area (TPSA) is 132 Å². The highest BCUT2D eigenvalue weighted by molar-refractivity contribution is 5.87. The van der Waals surface area contributed by atoms with Crippen molar-refractivity contribution in [2.24, 2.45) is 5.73 Å². The molecule has 0 aliphatic carbocycles. The highest BCUT2D eigenvalue weighted by Gasteiger charge is 2.21. The Kier molecular flexibility index (Phi) is 6.23. The standard InChI is InChI=1S/C24H26N4O5/c1-14(29)26-8-7-15-13-28(23-6-4-18(32-2)11-20(15)23)33-24(31)21(25)9-16-12-27-22-5-3-17(30)10-19(16)22/h3-6,10-13,21,27,30H,7-9,25H2,1-2H3,(H,26,29)/t21-/m0/s1. The van der Waals surface area contributed by atoms with Gasteiger partial charge in [-0.3, -0.25) is 4.79 Å². The number of phenolic OH excluding ortho intramolecular Hbond substituents is 1. The van der Waals surface area contributed by atoms with Gasteiger partial charge in [-0.2, -0.15) is 4.73 Å². The van der Waals surface area contributed by atoms with Crippen LogP contribution in [0.25, 0.3) is 21.8 Å². The molecule has 1 atom stereocenters. The van der Waals surface area contributed by atoms with Crippen LogP contribution in [-0.4, -0.2) is 46.4 Å². The smallest absolute Gasteiger partial charge is 0.349 e. The number of aromatic nitrogens is 2. The van der Waals surface area contributed by atoms with E-state index in [1.54, 1.807) is 49.8 Å². The summed E-state index contributed by atoms with van der Waals surface area (Å²) < 4.78 is 6.73. The van der Waals surface area contributed by atoms with Crippen LogP contribution in [0, 0.1) is 0 Å². The lowest BCUT2D eigenvalue weighted by atomic mass is 10.1. The zero-order chi connectivity index (χ0) is 23.5. The molecule has 0 fully saturated rings. The van der Waals surface area contributed by atoms with Crippen LogP contribution < -0.4 is 20.6 Å². The van der Waals surface area contributed by atoms with Crippen LogP contribution in [0.2, 0.25) is 0 Å². The molecule has 0 bridgehead atoms. The highest BCUT2D eigenvalue weighted by Crippen LogP contribution is 2.27. The Labute approximate surface area is 190 Å². The number of rotatable bonds is 8. The predicted octanol–water partition coefficient (Wildman–Crippen LogP) is 2.04. The largest absolute Gasteiger partial charge is 0.508 e. The van der Waals surface area contributed by atoms with Crippen molar-refractivity contribution in [1.29, 1.82) is 0 Å². The van der Waals surface area contributed by atoms with Gasteiger partial charge < -0.3 is 30.7 Å². The van der Waals surface area contributed by atoms with Crippen LogP contribution in [0.15, 0.2) is 48.8 Å². The molecule has 2 aromatic carbocycles. The number of amides is 1. The molecular weight excluding hydrogens is 424 g/mol. The number of carbonyl (C=O) groups excluding carboxylic acids is 2. The van der Waals surface area contributed by atoms with E-state index in [-0.39, 0.29) is 18.1 Å². The zero-order valence-electron chi connectivity index (χ0n) is 18.4. The summed E-state index contributed by atoms with van der Waals surface area (Å²) >= 11 is 0. The van der Waals surface area contributed by atoms with E-state index in [4.69, 9.17) is 15.3 Å². The first-order valence-electron chi connectivity index (χ1n) is 10.5. The SMILES string of the molecule is COc1ccc2c(c1)c(CCNC(C)=O)cn2OC(=O)[C@@H](N)Cc1c[nH]c2ccc(O)cc12. The van der Waals surface area contributed by atoms with Gasteiger partial charge in [0, 0.05) is 48.6 Å². The molecule has 1 amide bonds. The van der Waals surface area contributed by atoms with Gasteiger partial charge in [-0.1, -0.05) is 0 Å². The Morgan fingerprint density at radius 2 is 2.00 bits per heavy atom. The molecule has 33 heavy (non-hydrogen) atoms. The summed E-state index contributed by atoms with van der Waals surface area (Å²) in [5, 5.41) is 14.2. The molecule has 0 radical (unpaired) electrons. The van der Waals surface area contributed by atoms with Crippen LogP contribution >= 0.6 is 0 Å². The summed E-state index contributed by atoms with van der Waals surface area (Å²) in [7, 11) is 1.58. The maximum atomic E-state index is 12.8. The summed E-state index contributed by atoms with van der Waals surface area (Å²) in [5.41, 5.74) is 9.40. The van der Waals surface area contributed by atoms with Crippen molar-refractivity contribution in [3.05, 3.63) is 59.9 Å². The van der Waals surface area contributed by atoms with E-state index in [2.05, 4.69) is 10.3 Å². The minimum Gasteiger partial charge on any atom is -0.508 e. The second-order valence-electron chi connectivity index (χ2n) is 7.86. The molecule has 4 rings (SSSR count). The van der Waals surface area contributed by atoms with Crippen molar-refractivity contribution >= 4 is 33.7 Å². The van der Waals surface area contributed by atoms with Crippen molar-refractivity contribution in [1.82, 2.24) is 15.0 Å². The van der Waals surface area contributed by atoms with Gasteiger partial charge in [-0.15, -0.1) is 0 Å². The molecule has 4 aromatic rings. The van der Waals surface area contributed by atoms with Gasteiger partial charge in [0.2, 0.25) is 5.91 Å². The van der Waals surface area contributed by atoms with Crippen molar-refractivity contribution in [2.75, 3.05) is 13.7 Å². The Hall–Kier alpha value is -3.98. The molecular formula is C24H26N4O5. The number of hydrogen-bond donors (Lipinski definition) is 4. The minimum absolute atomic E-state index is 0.112. The third kappa shape index (κ3) is 4.78. The van der Waals surface area contributed by atoms with Crippen LogP contribution in [-0.2, 0) is 22.4 Å². The second kappa shape index (κ2) is 9.25. The number of aromatic hydroxyl groups is 1. The fraction of sp³-hybridized carbons (Fsp3) is 0.250. The summed E-state index contributed by atoms with van der Waals surface area (Å²) in [4.78, 5) is 32.8. The average molecular weight is 450 g/mol. The first-order chi connectivity index (χ1) is 15.9. The number of carbonyl (C=O) groups is 2. The molecule has 0 unspecified atom stereocenters. The lowest BCUT2D eigenvalue weighted by Gasteiger charge is -2.12. The first-order valence-corrected chi connectivity index (χ1v) is 10.5. The van der Waals surface area contributed by atoms with Gasteiger partial charge >= 0.3 is 5.97 Å². The second-order valence-corrected chi connectivity index (χ2v) is 7.86. The van der Waals surface area contributed by atoms with Crippen molar-refractivity contribution in [3.63, 3.8) is 0 Å². The molecule has 0 spiro atoms.